The molecule has 0 unspecified atom stereocenters. The first-order chi connectivity index (χ1) is 6.76. The van der Waals surface area contributed by atoms with Crippen LogP contribution in [0.3, 0.4) is 0 Å². The van der Waals surface area contributed by atoms with E-state index in [2.05, 4.69) is 40.4 Å². The molecule has 0 spiro atoms. The molecule has 0 saturated carbocycles. The minimum Gasteiger partial charge on any atom is -0.499 e. The van der Waals surface area contributed by atoms with Gasteiger partial charge in [-0.1, -0.05) is 27.3 Å². The quantitative estimate of drug-likeness (QED) is 0.659. The van der Waals surface area contributed by atoms with Gasteiger partial charge in [-0.25, -0.2) is 0 Å². The number of fused-ring (bicyclic) bond motifs is 1. The van der Waals surface area contributed by atoms with Crippen LogP contribution in [0.15, 0.2) is 23.1 Å². The Morgan fingerprint density at radius 3 is 2.93 bits per heavy atom. The van der Waals surface area contributed by atoms with Gasteiger partial charge in [-0.15, -0.1) is 11.8 Å². The van der Waals surface area contributed by atoms with Gasteiger partial charge in [-0.3, -0.25) is 0 Å². The van der Waals surface area contributed by atoms with E-state index in [1.165, 1.54) is 16.2 Å². The van der Waals surface area contributed by atoms with E-state index in [9.17, 15) is 5.11 Å². The number of aromatic hydroxyl groups is 1. The maximum absolute atomic E-state index is 9.68. The van der Waals surface area contributed by atoms with Crippen LogP contribution >= 0.6 is 39.0 Å². The molecule has 0 atom stereocenters. The Hall–Kier alpha value is -0.190. The predicted octanol–water partition coefficient (Wildman–Crippen LogP) is 4.22. The SMILES string of the molecule is CSc1ccc2sc(O)c(CBr)c2c1. The van der Waals surface area contributed by atoms with E-state index in [4.69, 9.17) is 0 Å². The standard InChI is InChI=1S/C10H9BrOS2/c1-13-6-2-3-9-7(4-6)8(5-11)10(12)14-9/h2-4,12H,5H2,1H3. The zero-order chi connectivity index (χ0) is 10.1. The Bertz CT molecular complexity index is 464. The number of hydrogen-bond acceptors (Lipinski definition) is 3. The Kier molecular flexibility index (Phi) is 3.04. The molecule has 0 bridgehead atoms. The van der Waals surface area contributed by atoms with E-state index >= 15 is 0 Å². The summed E-state index contributed by atoms with van der Waals surface area (Å²) < 4.78 is 1.15. The fourth-order valence-corrected chi connectivity index (χ4v) is 3.51. The average Bonchev–Trinajstić information content (AvgIpc) is 2.52. The lowest BCUT2D eigenvalue weighted by Gasteiger charge is -1.97. The van der Waals surface area contributed by atoms with E-state index < -0.39 is 0 Å². The molecule has 0 aliphatic heterocycles. The molecule has 2 rings (SSSR count). The number of hydrogen-bond donors (Lipinski definition) is 1. The van der Waals surface area contributed by atoms with Crippen molar-refractivity contribution in [1.29, 1.82) is 0 Å². The molecule has 0 radical (unpaired) electrons. The van der Waals surface area contributed by atoms with Gasteiger partial charge >= 0.3 is 0 Å². The summed E-state index contributed by atoms with van der Waals surface area (Å²) in [4.78, 5) is 1.23. The topological polar surface area (TPSA) is 20.2 Å². The monoisotopic (exact) mass is 288 g/mol. The Balaban J connectivity index is 2.71. The molecule has 14 heavy (non-hydrogen) atoms. The van der Waals surface area contributed by atoms with Gasteiger partial charge in [0.05, 0.1) is 0 Å². The number of rotatable bonds is 2. The molecule has 1 nitrogen and oxygen atoms in total. The predicted molar refractivity (Wildman–Crippen MR) is 67.9 cm³/mol. The zero-order valence-electron chi connectivity index (χ0n) is 7.58. The summed E-state index contributed by atoms with van der Waals surface area (Å²) in [6.07, 6.45) is 2.06. The van der Waals surface area contributed by atoms with Crippen molar-refractivity contribution in [1.82, 2.24) is 0 Å². The summed E-state index contributed by atoms with van der Waals surface area (Å²) in [6, 6.07) is 6.28. The highest BCUT2D eigenvalue weighted by Gasteiger charge is 2.10. The van der Waals surface area contributed by atoms with Gasteiger partial charge in [0.1, 0.15) is 0 Å². The average molecular weight is 289 g/mol. The lowest BCUT2D eigenvalue weighted by Crippen LogP contribution is -1.75. The van der Waals surface area contributed by atoms with E-state index in [1.807, 2.05) is 0 Å². The third-order valence-electron chi connectivity index (χ3n) is 2.11. The van der Waals surface area contributed by atoms with Crippen molar-refractivity contribution in [3.05, 3.63) is 23.8 Å². The lowest BCUT2D eigenvalue weighted by molar-refractivity contribution is 0.487. The third kappa shape index (κ3) is 1.66. The van der Waals surface area contributed by atoms with Crippen molar-refractivity contribution in [3.8, 4) is 5.06 Å². The first-order valence-electron chi connectivity index (χ1n) is 4.10. The van der Waals surface area contributed by atoms with Gasteiger partial charge in [0.2, 0.25) is 0 Å². The molecule has 0 amide bonds. The van der Waals surface area contributed by atoms with Gasteiger partial charge in [-0.2, -0.15) is 0 Å². The second-order valence-electron chi connectivity index (χ2n) is 2.88. The van der Waals surface area contributed by atoms with E-state index in [1.54, 1.807) is 11.8 Å². The van der Waals surface area contributed by atoms with Crippen LogP contribution in [-0.4, -0.2) is 11.4 Å². The van der Waals surface area contributed by atoms with E-state index in [-0.39, 0.29) is 0 Å². The lowest BCUT2D eigenvalue weighted by atomic mass is 10.2. The van der Waals surface area contributed by atoms with Gasteiger partial charge in [-0.05, 0) is 24.5 Å². The molecule has 1 heterocycles. The highest BCUT2D eigenvalue weighted by molar-refractivity contribution is 9.08. The van der Waals surface area contributed by atoms with Crippen molar-refractivity contribution in [3.63, 3.8) is 0 Å². The minimum absolute atomic E-state index is 0.426. The van der Waals surface area contributed by atoms with Crippen LogP contribution in [0.25, 0.3) is 10.1 Å². The van der Waals surface area contributed by atoms with Crippen LogP contribution < -0.4 is 0 Å². The molecule has 0 fully saturated rings. The highest BCUT2D eigenvalue weighted by atomic mass is 79.9. The molecule has 74 valence electrons. The summed E-state index contributed by atoms with van der Waals surface area (Å²) in [5.74, 6) is 0. The largest absolute Gasteiger partial charge is 0.499 e. The Morgan fingerprint density at radius 1 is 1.50 bits per heavy atom. The van der Waals surface area contributed by atoms with Crippen molar-refractivity contribution >= 4 is 49.1 Å². The fourth-order valence-electron chi connectivity index (χ4n) is 1.37. The van der Waals surface area contributed by atoms with Crippen LogP contribution in [0.2, 0.25) is 0 Å². The van der Waals surface area contributed by atoms with Crippen LogP contribution in [0.1, 0.15) is 5.56 Å². The molecule has 4 heteroatoms. The first-order valence-corrected chi connectivity index (χ1v) is 7.27. The van der Waals surface area contributed by atoms with Gasteiger partial charge in [0.15, 0.2) is 5.06 Å². The molecule has 0 aliphatic rings. The fraction of sp³-hybridized carbons (Fsp3) is 0.200. The molecule has 0 saturated heterocycles. The molecule has 0 aliphatic carbocycles. The molecule has 1 aromatic carbocycles. The van der Waals surface area contributed by atoms with Crippen molar-refractivity contribution in [2.45, 2.75) is 10.2 Å². The van der Waals surface area contributed by atoms with Crippen molar-refractivity contribution in [2.75, 3.05) is 6.26 Å². The molecular formula is C10H9BrOS2. The number of thiophene rings is 1. The van der Waals surface area contributed by atoms with Crippen LogP contribution in [-0.2, 0) is 5.33 Å². The normalized spacial score (nSPS) is 11.0. The summed E-state index contributed by atoms with van der Waals surface area (Å²) in [5, 5.41) is 12.0. The molecular weight excluding hydrogens is 280 g/mol. The summed E-state index contributed by atoms with van der Waals surface area (Å²) in [6.45, 7) is 0. The Morgan fingerprint density at radius 2 is 2.29 bits per heavy atom. The summed E-state index contributed by atoms with van der Waals surface area (Å²) in [7, 11) is 0. The van der Waals surface area contributed by atoms with E-state index in [0.717, 1.165) is 15.6 Å². The number of halogens is 1. The number of alkyl halides is 1. The molecule has 2 aromatic rings. The first kappa shape index (κ1) is 10.3. The van der Waals surface area contributed by atoms with Crippen LogP contribution in [0.4, 0.5) is 0 Å². The molecule has 1 N–H and O–H groups in total. The van der Waals surface area contributed by atoms with E-state index in [0.29, 0.717) is 10.4 Å². The van der Waals surface area contributed by atoms with Gasteiger partial charge < -0.3 is 5.11 Å². The smallest absolute Gasteiger partial charge is 0.176 e. The maximum atomic E-state index is 9.68. The van der Waals surface area contributed by atoms with Crippen molar-refractivity contribution in [2.24, 2.45) is 0 Å². The summed E-state index contributed by atoms with van der Waals surface area (Å²) >= 11 is 6.55. The van der Waals surface area contributed by atoms with Crippen molar-refractivity contribution < 1.29 is 5.11 Å². The molecule has 1 aromatic heterocycles. The summed E-state index contributed by atoms with van der Waals surface area (Å²) in [5.41, 5.74) is 1.00. The Labute approximate surface area is 99.3 Å². The highest BCUT2D eigenvalue weighted by Crippen LogP contribution is 2.39. The number of benzene rings is 1. The van der Waals surface area contributed by atoms with Crippen LogP contribution in [0, 0.1) is 0 Å². The van der Waals surface area contributed by atoms with Crippen LogP contribution in [0.5, 0.6) is 5.06 Å². The second kappa shape index (κ2) is 4.13. The second-order valence-corrected chi connectivity index (χ2v) is 5.35. The maximum Gasteiger partial charge on any atom is 0.176 e. The van der Waals surface area contributed by atoms with Gasteiger partial charge in [0.25, 0.3) is 0 Å². The zero-order valence-corrected chi connectivity index (χ0v) is 10.8. The van der Waals surface area contributed by atoms with Gasteiger partial charge in [0, 0.05) is 25.9 Å². The third-order valence-corrected chi connectivity index (χ3v) is 4.41. The minimum atomic E-state index is 0.426. The number of thioether (sulfide) groups is 1.